The molecule has 0 saturated heterocycles. The molecule has 2 aromatic rings. The van der Waals surface area contributed by atoms with Crippen molar-refractivity contribution < 1.29 is 14.6 Å². The van der Waals surface area contributed by atoms with Crippen molar-refractivity contribution in [3.8, 4) is 0 Å². The summed E-state index contributed by atoms with van der Waals surface area (Å²) < 4.78 is 7.13. The predicted octanol–water partition coefficient (Wildman–Crippen LogP) is 1.02. The zero-order valence-electron chi connectivity index (χ0n) is 8.46. The highest BCUT2D eigenvalue weighted by molar-refractivity contribution is 5.77. The molecule has 5 nitrogen and oxygen atoms in total. The molecule has 0 fully saturated rings. The van der Waals surface area contributed by atoms with E-state index in [4.69, 9.17) is 9.84 Å². The molecule has 0 spiro atoms. The Labute approximate surface area is 91.3 Å². The van der Waals surface area contributed by atoms with Crippen LogP contribution in [0, 0.1) is 0 Å². The maximum absolute atomic E-state index is 10.9. The number of aromatic nitrogens is 2. The van der Waals surface area contributed by atoms with Gasteiger partial charge >= 0.3 is 5.97 Å². The molecule has 5 heteroatoms. The minimum atomic E-state index is -0.927. The summed E-state index contributed by atoms with van der Waals surface area (Å²) in [6.07, 6.45) is -0.773. The van der Waals surface area contributed by atoms with Crippen LogP contribution in [-0.4, -0.2) is 26.7 Å². The van der Waals surface area contributed by atoms with Gasteiger partial charge in [0, 0.05) is 0 Å². The fourth-order valence-electron chi connectivity index (χ4n) is 1.98. The van der Waals surface area contributed by atoms with Crippen molar-refractivity contribution in [1.82, 2.24) is 9.55 Å². The molecule has 1 N–H and O–H groups in total. The SMILES string of the molecule is O=C(O)C1Cn2c(nc3ccccc32)CO1. The number of carboxylic acids is 1. The molecule has 0 radical (unpaired) electrons. The first-order chi connectivity index (χ1) is 7.75. The van der Waals surface area contributed by atoms with Crippen LogP contribution in [0.3, 0.4) is 0 Å². The Morgan fingerprint density at radius 3 is 3.12 bits per heavy atom. The number of hydrogen-bond donors (Lipinski definition) is 1. The quantitative estimate of drug-likeness (QED) is 0.776. The summed E-state index contributed by atoms with van der Waals surface area (Å²) in [5.74, 6) is -0.137. The molecule has 1 aliphatic rings. The lowest BCUT2D eigenvalue weighted by Crippen LogP contribution is -2.33. The Morgan fingerprint density at radius 1 is 1.50 bits per heavy atom. The van der Waals surface area contributed by atoms with Crippen molar-refractivity contribution in [3.05, 3.63) is 30.1 Å². The van der Waals surface area contributed by atoms with E-state index >= 15 is 0 Å². The van der Waals surface area contributed by atoms with Gasteiger partial charge in [-0.25, -0.2) is 9.78 Å². The molecule has 0 saturated carbocycles. The highest BCUT2D eigenvalue weighted by Gasteiger charge is 2.26. The molecule has 1 aliphatic heterocycles. The third-order valence-corrected chi connectivity index (χ3v) is 2.77. The van der Waals surface area contributed by atoms with Crippen molar-refractivity contribution in [3.63, 3.8) is 0 Å². The van der Waals surface area contributed by atoms with Crippen LogP contribution in [0.15, 0.2) is 24.3 Å². The molecule has 3 rings (SSSR count). The molecule has 0 bridgehead atoms. The van der Waals surface area contributed by atoms with Gasteiger partial charge in [0.15, 0.2) is 6.10 Å². The van der Waals surface area contributed by atoms with Gasteiger partial charge in [-0.3, -0.25) is 0 Å². The second kappa shape index (κ2) is 3.31. The topological polar surface area (TPSA) is 64.3 Å². The third-order valence-electron chi connectivity index (χ3n) is 2.77. The van der Waals surface area contributed by atoms with Gasteiger partial charge in [0.2, 0.25) is 0 Å². The first kappa shape index (κ1) is 9.35. The maximum atomic E-state index is 10.9. The van der Waals surface area contributed by atoms with Gasteiger partial charge in [0.05, 0.1) is 17.6 Å². The van der Waals surface area contributed by atoms with E-state index in [0.717, 1.165) is 16.9 Å². The number of benzene rings is 1. The van der Waals surface area contributed by atoms with Gasteiger partial charge in [-0.1, -0.05) is 12.1 Å². The monoisotopic (exact) mass is 218 g/mol. The average Bonchev–Trinajstić information content (AvgIpc) is 2.66. The van der Waals surface area contributed by atoms with Gasteiger partial charge in [-0.15, -0.1) is 0 Å². The van der Waals surface area contributed by atoms with Gasteiger partial charge in [-0.05, 0) is 12.1 Å². The van der Waals surface area contributed by atoms with E-state index in [9.17, 15) is 4.79 Å². The molecule has 16 heavy (non-hydrogen) atoms. The Morgan fingerprint density at radius 2 is 2.31 bits per heavy atom. The van der Waals surface area contributed by atoms with E-state index in [-0.39, 0.29) is 6.61 Å². The minimum Gasteiger partial charge on any atom is -0.479 e. The van der Waals surface area contributed by atoms with Gasteiger partial charge in [0.1, 0.15) is 12.4 Å². The fourth-order valence-corrected chi connectivity index (χ4v) is 1.98. The van der Waals surface area contributed by atoms with Crippen LogP contribution in [0.5, 0.6) is 0 Å². The fraction of sp³-hybridized carbons (Fsp3) is 0.273. The molecule has 1 atom stereocenters. The van der Waals surface area contributed by atoms with Crippen molar-refractivity contribution in [2.75, 3.05) is 0 Å². The minimum absolute atomic E-state index is 0.256. The molecule has 1 unspecified atom stereocenters. The van der Waals surface area contributed by atoms with Crippen molar-refractivity contribution in [2.45, 2.75) is 19.3 Å². The number of aliphatic carboxylic acids is 1. The van der Waals surface area contributed by atoms with E-state index in [1.54, 1.807) is 0 Å². The summed E-state index contributed by atoms with van der Waals surface area (Å²) in [5, 5.41) is 8.91. The Balaban J connectivity index is 2.11. The van der Waals surface area contributed by atoms with E-state index < -0.39 is 12.1 Å². The van der Waals surface area contributed by atoms with Crippen LogP contribution in [-0.2, 0) is 22.7 Å². The smallest absolute Gasteiger partial charge is 0.334 e. The number of carbonyl (C=O) groups is 1. The van der Waals surface area contributed by atoms with Crippen molar-refractivity contribution in [2.24, 2.45) is 0 Å². The number of hydrogen-bond acceptors (Lipinski definition) is 3. The number of imidazole rings is 1. The Hall–Kier alpha value is -1.88. The van der Waals surface area contributed by atoms with Crippen molar-refractivity contribution >= 4 is 17.0 Å². The third kappa shape index (κ3) is 1.29. The molecular formula is C11H10N2O3. The highest BCUT2D eigenvalue weighted by Crippen LogP contribution is 2.21. The summed E-state index contributed by atoms with van der Waals surface area (Å²) >= 11 is 0. The first-order valence-electron chi connectivity index (χ1n) is 5.04. The molecule has 2 heterocycles. The number of fused-ring (bicyclic) bond motifs is 3. The number of carboxylic acid groups (broad SMARTS) is 1. The number of para-hydroxylation sites is 2. The summed E-state index contributed by atoms with van der Waals surface area (Å²) in [6.45, 7) is 0.580. The highest BCUT2D eigenvalue weighted by atomic mass is 16.5. The van der Waals surface area contributed by atoms with Crippen LogP contribution >= 0.6 is 0 Å². The van der Waals surface area contributed by atoms with E-state index in [2.05, 4.69) is 4.98 Å². The Bertz CT molecular complexity index is 561. The number of nitrogens with zero attached hydrogens (tertiary/aromatic N) is 2. The summed E-state index contributed by atoms with van der Waals surface area (Å²) in [5.41, 5.74) is 1.85. The zero-order valence-corrected chi connectivity index (χ0v) is 8.46. The Kier molecular flexibility index (Phi) is 1.94. The van der Waals surface area contributed by atoms with Crippen LogP contribution in [0.4, 0.5) is 0 Å². The zero-order chi connectivity index (χ0) is 11.1. The van der Waals surface area contributed by atoms with E-state index in [1.807, 2.05) is 28.8 Å². The first-order valence-corrected chi connectivity index (χ1v) is 5.04. The second-order valence-electron chi connectivity index (χ2n) is 3.77. The molecule has 0 amide bonds. The maximum Gasteiger partial charge on any atom is 0.334 e. The van der Waals surface area contributed by atoms with Crippen LogP contribution in [0.1, 0.15) is 5.82 Å². The molecular weight excluding hydrogens is 208 g/mol. The second-order valence-corrected chi connectivity index (χ2v) is 3.77. The standard InChI is InChI=1S/C11H10N2O3/c14-11(15)9-5-13-8-4-2-1-3-7(8)12-10(13)6-16-9/h1-4,9H,5-6H2,(H,14,15). The number of ether oxygens (including phenoxy) is 1. The normalized spacial score (nSPS) is 19.6. The van der Waals surface area contributed by atoms with Crippen molar-refractivity contribution in [1.29, 1.82) is 0 Å². The van der Waals surface area contributed by atoms with Crippen LogP contribution in [0.2, 0.25) is 0 Å². The summed E-state index contributed by atoms with van der Waals surface area (Å²) in [4.78, 5) is 15.3. The van der Waals surface area contributed by atoms with E-state index in [0.29, 0.717) is 6.54 Å². The molecule has 1 aromatic carbocycles. The van der Waals surface area contributed by atoms with Crippen LogP contribution in [0.25, 0.3) is 11.0 Å². The molecule has 82 valence electrons. The summed E-state index contributed by atoms with van der Waals surface area (Å²) in [7, 11) is 0. The molecule has 0 aliphatic carbocycles. The van der Waals surface area contributed by atoms with E-state index in [1.165, 1.54) is 0 Å². The lowest BCUT2D eigenvalue weighted by molar-refractivity contribution is -0.154. The number of rotatable bonds is 1. The summed E-state index contributed by atoms with van der Waals surface area (Å²) in [6, 6.07) is 7.69. The van der Waals surface area contributed by atoms with Crippen LogP contribution < -0.4 is 0 Å². The lowest BCUT2D eigenvalue weighted by Gasteiger charge is -2.21. The largest absolute Gasteiger partial charge is 0.479 e. The molecule has 1 aromatic heterocycles. The lowest BCUT2D eigenvalue weighted by atomic mass is 10.3. The van der Waals surface area contributed by atoms with Gasteiger partial charge in [0.25, 0.3) is 0 Å². The van der Waals surface area contributed by atoms with Gasteiger partial charge < -0.3 is 14.4 Å². The van der Waals surface area contributed by atoms with Gasteiger partial charge in [-0.2, -0.15) is 0 Å². The average molecular weight is 218 g/mol. The predicted molar refractivity (Wildman–Crippen MR) is 55.9 cm³/mol.